The first-order chi connectivity index (χ1) is 9.60. The molecule has 0 saturated heterocycles. The van der Waals surface area contributed by atoms with Gasteiger partial charge in [-0.1, -0.05) is 6.07 Å². The van der Waals surface area contributed by atoms with Gasteiger partial charge in [0.15, 0.2) is 0 Å². The summed E-state index contributed by atoms with van der Waals surface area (Å²) in [7, 11) is 0. The molecule has 1 aromatic carbocycles. The van der Waals surface area contributed by atoms with Crippen LogP contribution in [0.2, 0.25) is 0 Å². The summed E-state index contributed by atoms with van der Waals surface area (Å²) in [5, 5.41) is 0. The Kier molecular flexibility index (Phi) is 3.10. The largest absolute Gasteiger partial charge is 0.469 e. The number of rotatable bonds is 3. The predicted molar refractivity (Wildman–Crippen MR) is 80.4 cm³/mol. The highest BCUT2D eigenvalue weighted by molar-refractivity contribution is 5.81. The van der Waals surface area contributed by atoms with E-state index in [4.69, 9.17) is 15.1 Å². The van der Waals surface area contributed by atoms with Crippen molar-refractivity contribution in [2.75, 3.05) is 0 Å². The fourth-order valence-electron chi connectivity index (χ4n) is 2.56. The quantitative estimate of drug-likeness (QED) is 0.789. The molecule has 2 heterocycles. The minimum atomic E-state index is 0.328. The molecule has 0 fully saturated rings. The summed E-state index contributed by atoms with van der Waals surface area (Å²) in [5.41, 5.74) is 9.94. The summed E-state index contributed by atoms with van der Waals surface area (Å²) in [5.74, 6) is 1.84. The van der Waals surface area contributed by atoms with Crippen LogP contribution >= 0.6 is 0 Å². The average Bonchev–Trinajstić information content (AvgIpc) is 3.00. The fourth-order valence-corrected chi connectivity index (χ4v) is 2.56. The first-order valence-electron chi connectivity index (χ1n) is 6.86. The van der Waals surface area contributed by atoms with Crippen LogP contribution in [0.5, 0.6) is 0 Å². The number of nitrogens with two attached hydrogens (primary N) is 1. The van der Waals surface area contributed by atoms with E-state index in [0.717, 1.165) is 33.7 Å². The van der Waals surface area contributed by atoms with Crippen molar-refractivity contribution in [2.24, 2.45) is 5.73 Å². The van der Waals surface area contributed by atoms with Crippen LogP contribution in [0.15, 0.2) is 34.9 Å². The van der Waals surface area contributed by atoms with Gasteiger partial charge < -0.3 is 14.7 Å². The Morgan fingerprint density at radius 1 is 1.30 bits per heavy atom. The molecule has 0 amide bonds. The normalized spacial score (nSPS) is 11.7. The van der Waals surface area contributed by atoms with Gasteiger partial charge in [0.2, 0.25) is 0 Å². The molecule has 0 spiro atoms. The summed E-state index contributed by atoms with van der Waals surface area (Å²) >= 11 is 0. The van der Waals surface area contributed by atoms with Crippen LogP contribution in [0.25, 0.3) is 22.4 Å². The smallest absolute Gasteiger partial charge is 0.144 e. The van der Waals surface area contributed by atoms with E-state index in [0.29, 0.717) is 12.6 Å². The maximum atomic E-state index is 5.71. The Bertz CT molecular complexity index is 752. The average molecular weight is 269 g/mol. The number of imidazole rings is 1. The molecule has 20 heavy (non-hydrogen) atoms. The second-order valence-electron chi connectivity index (χ2n) is 5.37. The maximum absolute atomic E-state index is 5.71. The number of aryl methyl sites for hydroxylation is 1. The van der Waals surface area contributed by atoms with Crippen LogP contribution in [-0.2, 0) is 6.54 Å². The molecule has 104 valence electrons. The van der Waals surface area contributed by atoms with Gasteiger partial charge in [0.25, 0.3) is 0 Å². The van der Waals surface area contributed by atoms with E-state index >= 15 is 0 Å². The Balaban J connectivity index is 2.27. The number of nitrogens with zero attached hydrogens (tertiary/aromatic N) is 2. The van der Waals surface area contributed by atoms with Gasteiger partial charge in [-0.2, -0.15) is 0 Å². The highest BCUT2D eigenvalue weighted by atomic mass is 16.3. The molecule has 0 atom stereocenters. The molecular formula is C16H19N3O. The molecule has 0 bridgehead atoms. The number of fused-ring (bicyclic) bond motifs is 1. The lowest BCUT2D eigenvalue weighted by Gasteiger charge is -2.12. The number of furan rings is 1. The number of aromatic nitrogens is 2. The Hall–Kier alpha value is -2.07. The third-order valence-corrected chi connectivity index (χ3v) is 3.49. The Morgan fingerprint density at radius 3 is 2.70 bits per heavy atom. The molecule has 3 rings (SSSR count). The van der Waals surface area contributed by atoms with Crippen molar-refractivity contribution in [1.82, 2.24) is 9.55 Å². The summed E-state index contributed by atoms with van der Waals surface area (Å²) < 4.78 is 7.66. The van der Waals surface area contributed by atoms with E-state index in [2.05, 4.69) is 36.6 Å². The van der Waals surface area contributed by atoms with Gasteiger partial charge >= 0.3 is 0 Å². The van der Waals surface area contributed by atoms with Crippen LogP contribution in [0, 0.1) is 6.92 Å². The van der Waals surface area contributed by atoms with Crippen LogP contribution in [0.1, 0.15) is 31.2 Å². The van der Waals surface area contributed by atoms with Gasteiger partial charge in [-0.3, -0.25) is 0 Å². The molecule has 0 unspecified atom stereocenters. The SMILES string of the molecule is Cc1cc(-c2nc3cc(CN)ccc3n2C(C)C)co1. The molecule has 0 aliphatic carbocycles. The van der Waals surface area contributed by atoms with Crippen molar-refractivity contribution in [3.05, 3.63) is 41.9 Å². The first kappa shape index (κ1) is 12.9. The third-order valence-electron chi connectivity index (χ3n) is 3.49. The van der Waals surface area contributed by atoms with Gasteiger partial charge in [0.05, 0.1) is 16.6 Å². The zero-order valence-electron chi connectivity index (χ0n) is 12.1. The molecule has 0 radical (unpaired) electrons. The molecular weight excluding hydrogens is 250 g/mol. The molecule has 3 aromatic rings. The molecule has 4 heteroatoms. The minimum Gasteiger partial charge on any atom is -0.469 e. The van der Waals surface area contributed by atoms with Gasteiger partial charge in [-0.15, -0.1) is 0 Å². The summed E-state index contributed by atoms with van der Waals surface area (Å²) in [6.45, 7) is 6.80. The molecule has 0 saturated carbocycles. The summed E-state index contributed by atoms with van der Waals surface area (Å²) in [6, 6.07) is 8.57. The number of hydrogen-bond donors (Lipinski definition) is 1. The standard InChI is InChI=1S/C16H19N3O/c1-10(2)19-15-5-4-12(8-17)7-14(15)18-16(19)13-6-11(3)20-9-13/h4-7,9-10H,8,17H2,1-3H3. The van der Waals surface area contributed by atoms with E-state index in [9.17, 15) is 0 Å². The summed E-state index contributed by atoms with van der Waals surface area (Å²) in [6.07, 6.45) is 1.76. The van der Waals surface area contributed by atoms with Gasteiger partial charge in [0.1, 0.15) is 17.8 Å². The first-order valence-corrected chi connectivity index (χ1v) is 6.86. The van der Waals surface area contributed by atoms with Crippen LogP contribution < -0.4 is 5.73 Å². The maximum Gasteiger partial charge on any atom is 0.144 e. The van der Waals surface area contributed by atoms with Crippen LogP contribution in [0.4, 0.5) is 0 Å². The molecule has 2 N–H and O–H groups in total. The van der Waals surface area contributed by atoms with Crippen molar-refractivity contribution in [3.8, 4) is 11.4 Å². The molecule has 0 aliphatic heterocycles. The number of benzene rings is 1. The lowest BCUT2D eigenvalue weighted by molar-refractivity contribution is 0.534. The third kappa shape index (κ3) is 2.02. The topological polar surface area (TPSA) is 57.0 Å². The highest BCUT2D eigenvalue weighted by Gasteiger charge is 2.16. The molecule has 4 nitrogen and oxygen atoms in total. The lowest BCUT2D eigenvalue weighted by Crippen LogP contribution is -2.02. The Morgan fingerprint density at radius 2 is 2.10 bits per heavy atom. The zero-order chi connectivity index (χ0) is 14.3. The van der Waals surface area contributed by atoms with Crippen molar-refractivity contribution >= 4 is 11.0 Å². The molecule has 2 aromatic heterocycles. The van der Waals surface area contributed by atoms with Crippen molar-refractivity contribution in [2.45, 2.75) is 33.4 Å². The predicted octanol–water partition coefficient (Wildman–Crippen LogP) is 3.64. The van der Waals surface area contributed by atoms with E-state index in [-0.39, 0.29) is 0 Å². The van der Waals surface area contributed by atoms with E-state index in [1.807, 2.05) is 13.0 Å². The van der Waals surface area contributed by atoms with Gasteiger partial charge in [-0.25, -0.2) is 4.98 Å². The van der Waals surface area contributed by atoms with Crippen molar-refractivity contribution < 1.29 is 4.42 Å². The van der Waals surface area contributed by atoms with Crippen molar-refractivity contribution in [3.63, 3.8) is 0 Å². The highest BCUT2D eigenvalue weighted by Crippen LogP contribution is 2.29. The Labute approximate surface area is 118 Å². The van der Waals surface area contributed by atoms with Crippen molar-refractivity contribution in [1.29, 1.82) is 0 Å². The van der Waals surface area contributed by atoms with Crippen LogP contribution in [-0.4, -0.2) is 9.55 Å². The van der Waals surface area contributed by atoms with E-state index in [1.165, 1.54) is 0 Å². The second kappa shape index (κ2) is 4.80. The lowest BCUT2D eigenvalue weighted by atomic mass is 10.2. The summed E-state index contributed by atoms with van der Waals surface area (Å²) in [4.78, 5) is 4.77. The van der Waals surface area contributed by atoms with Gasteiger partial charge in [-0.05, 0) is 44.5 Å². The monoisotopic (exact) mass is 269 g/mol. The van der Waals surface area contributed by atoms with E-state index in [1.54, 1.807) is 6.26 Å². The fraction of sp³-hybridized carbons (Fsp3) is 0.312. The second-order valence-corrected chi connectivity index (χ2v) is 5.37. The number of hydrogen-bond acceptors (Lipinski definition) is 3. The minimum absolute atomic E-state index is 0.328. The zero-order valence-corrected chi connectivity index (χ0v) is 12.1. The molecule has 0 aliphatic rings. The van der Waals surface area contributed by atoms with Gasteiger partial charge in [0, 0.05) is 12.6 Å². The van der Waals surface area contributed by atoms with Crippen LogP contribution in [0.3, 0.4) is 0 Å². The van der Waals surface area contributed by atoms with E-state index < -0.39 is 0 Å².